The molecule has 0 aliphatic heterocycles. The lowest BCUT2D eigenvalue weighted by atomic mass is 10.2. The molecular formula is C13H23N3O2S2. The number of sulfonamides is 1. The first kappa shape index (κ1) is 17.1. The fraction of sp³-hybridized carbons (Fsp3) is 0.538. The quantitative estimate of drug-likeness (QED) is 0.479. The van der Waals surface area contributed by atoms with E-state index in [1.54, 1.807) is 12.1 Å². The number of rotatable bonds is 9. The molecule has 0 heterocycles. The Kier molecular flexibility index (Phi) is 7.18. The number of anilines is 2. The maximum atomic E-state index is 11.2. The van der Waals surface area contributed by atoms with Gasteiger partial charge in [0.05, 0.1) is 5.69 Å². The first-order valence-electron chi connectivity index (χ1n) is 6.60. The zero-order valence-corrected chi connectivity index (χ0v) is 13.4. The Balaban J connectivity index is 2.37. The minimum atomic E-state index is -3.74. The van der Waals surface area contributed by atoms with Gasteiger partial charge in [0, 0.05) is 12.2 Å². The van der Waals surface area contributed by atoms with Crippen LogP contribution in [0.5, 0.6) is 0 Å². The van der Waals surface area contributed by atoms with Gasteiger partial charge in [-0.3, -0.25) is 0 Å². The predicted octanol–water partition coefficient (Wildman–Crippen LogP) is 2.25. The summed E-state index contributed by atoms with van der Waals surface area (Å²) in [4.78, 5) is -0.0277. The molecule has 0 atom stereocenters. The van der Waals surface area contributed by atoms with Crippen LogP contribution in [0, 0.1) is 0 Å². The summed E-state index contributed by atoms with van der Waals surface area (Å²) in [6.45, 7) is 0.855. The largest absolute Gasteiger partial charge is 0.398 e. The number of thioether (sulfide) groups is 1. The van der Waals surface area contributed by atoms with Crippen LogP contribution in [-0.2, 0) is 10.0 Å². The van der Waals surface area contributed by atoms with Crippen molar-refractivity contribution in [3.8, 4) is 0 Å². The molecule has 1 rings (SSSR count). The second-order valence-corrected chi connectivity index (χ2v) is 7.15. The summed E-state index contributed by atoms with van der Waals surface area (Å²) in [6, 6.07) is 4.72. The van der Waals surface area contributed by atoms with Crippen molar-refractivity contribution in [2.45, 2.75) is 30.6 Å². The number of nitrogen functional groups attached to an aromatic ring is 1. The van der Waals surface area contributed by atoms with Crippen LogP contribution in [0.2, 0.25) is 0 Å². The molecule has 0 saturated heterocycles. The summed E-state index contributed by atoms with van der Waals surface area (Å²) in [5, 5.41) is 8.29. The summed E-state index contributed by atoms with van der Waals surface area (Å²) in [7, 11) is -3.74. The standard InChI is InChI=1S/C13H23N3O2S2/c1-19-9-5-3-2-4-8-16-11-6-7-13(12(14)10-11)20(15,17)18/h6-7,10,16H,2-5,8-9,14H2,1H3,(H2,15,17,18). The Labute approximate surface area is 125 Å². The van der Waals surface area contributed by atoms with Crippen LogP contribution in [0.25, 0.3) is 0 Å². The molecule has 5 nitrogen and oxygen atoms in total. The second-order valence-electron chi connectivity index (χ2n) is 4.63. The van der Waals surface area contributed by atoms with Crippen molar-refractivity contribution in [3.05, 3.63) is 18.2 Å². The highest BCUT2D eigenvalue weighted by atomic mass is 32.2. The molecule has 1 aromatic rings. The summed E-state index contributed by atoms with van der Waals surface area (Å²) < 4.78 is 22.5. The first-order chi connectivity index (χ1) is 9.45. The number of nitrogens with two attached hydrogens (primary N) is 2. The van der Waals surface area contributed by atoms with E-state index in [4.69, 9.17) is 10.9 Å². The van der Waals surface area contributed by atoms with Crippen molar-refractivity contribution >= 4 is 33.2 Å². The monoisotopic (exact) mass is 317 g/mol. The third-order valence-electron chi connectivity index (χ3n) is 2.92. The van der Waals surface area contributed by atoms with E-state index in [2.05, 4.69) is 11.6 Å². The second kappa shape index (κ2) is 8.39. The van der Waals surface area contributed by atoms with Crippen LogP contribution in [-0.4, -0.2) is 27.0 Å². The zero-order valence-electron chi connectivity index (χ0n) is 11.8. The Morgan fingerprint density at radius 3 is 2.50 bits per heavy atom. The molecule has 20 heavy (non-hydrogen) atoms. The minimum Gasteiger partial charge on any atom is -0.398 e. The number of hydrogen-bond acceptors (Lipinski definition) is 5. The van der Waals surface area contributed by atoms with E-state index in [0.717, 1.165) is 18.7 Å². The van der Waals surface area contributed by atoms with Gasteiger partial charge in [-0.25, -0.2) is 13.6 Å². The smallest absolute Gasteiger partial charge is 0.240 e. The Morgan fingerprint density at radius 1 is 1.20 bits per heavy atom. The molecule has 114 valence electrons. The van der Waals surface area contributed by atoms with Crippen LogP contribution in [0.3, 0.4) is 0 Å². The third kappa shape index (κ3) is 6.02. The van der Waals surface area contributed by atoms with Crippen LogP contribution >= 0.6 is 11.8 Å². The number of unbranched alkanes of at least 4 members (excludes halogenated alkanes) is 3. The normalized spacial score (nSPS) is 11.5. The van der Waals surface area contributed by atoms with Crippen molar-refractivity contribution in [1.29, 1.82) is 0 Å². The average Bonchev–Trinajstić information content (AvgIpc) is 2.36. The lowest BCUT2D eigenvalue weighted by Crippen LogP contribution is -2.14. The maximum absolute atomic E-state index is 11.2. The van der Waals surface area contributed by atoms with Gasteiger partial charge in [0.25, 0.3) is 0 Å². The summed E-state index contributed by atoms with van der Waals surface area (Å²) >= 11 is 1.88. The van der Waals surface area contributed by atoms with E-state index in [9.17, 15) is 8.42 Å². The number of hydrogen-bond donors (Lipinski definition) is 3. The lowest BCUT2D eigenvalue weighted by molar-refractivity contribution is 0.598. The molecule has 5 N–H and O–H groups in total. The number of benzene rings is 1. The zero-order chi connectivity index (χ0) is 15.0. The summed E-state index contributed by atoms with van der Waals surface area (Å²) in [5.74, 6) is 1.22. The molecule has 0 aliphatic rings. The molecule has 0 spiro atoms. The third-order valence-corrected chi connectivity index (χ3v) is 4.60. The van der Waals surface area contributed by atoms with Crippen LogP contribution in [0.4, 0.5) is 11.4 Å². The van der Waals surface area contributed by atoms with Gasteiger partial charge in [0.1, 0.15) is 4.90 Å². The Hall–Kier alpha value is -0.920. The highest BCUT2D eigenvalue weighted by molar-refractivity contribution is 7.98. The number of nitrogens with one attached hydrogen (secondary N) is 1. The molecule has 0 saturated carbocycles. The summed E-state index contributed by atoms with van der Waals surface area (Å²) in [6.07, 6.45) is 6.91. The highest BCUT2D eigenvalue weighted by Gasteiger charge is 2.11. The van der Waals surface area contributed by atoms with Gasteiger partial charge in [-0.05, 0) is 43.0 Å². The van der Waals surface area contributed by atoms with E-state index in [1.165, 1.54) is 31.1 Å². The van der Waals surface area contributed by atoms with Gasteiger partial charge in [0.2, 0.25) is 10.0 Å². The molecule has 0 unspecified atom stereocenters. The molecular weight excluding hydrogens is 294 g/mol. The fourth-order valence-electron chi connectivity index (χ4n) is 1.88. The van der Waals surface area contributed by atoms with Gasteiger partial charge < -0.3 is 11.1 Å². The highest BCUT2D eigenvalue weighted by Crippen LogP contribution is 2.21. The molecule has 0 amide bonds. The van der Waals surface area contributed by atoms with Crippen molar-refractivity contribution in [1.82, 2.24) is 0 Å². The van der Waals surface area contributed by atoms with E-state index in [-0.39, 0.29) is 10.6 Å². The molecule has 1 aromatic carbocycles. The summed E-state index contributed by atoms with van der Waals surface area (Å²) in [5.41, 5.74) is 6.69. The van der Waals surface area contributed by atoms with E-state index >= 15 is 0 Å². The van der Waals surface area contributed by atoms with E-state index < -0.39 is 10.0 Å². The molecule has 0 aliphatic carbocycles. The van der Waals surface area contributed by atoms with Gasteiger partial charge in [-0.1, -0.05) is 12.8 Å². The average molecular weight is 317 g/mol. The first-order valence-corrected chi connectivity index (χ1v) is 9.54. The van der Waals surface area contributed by atoms with Crippen molar-refractivity contribution in [3.63, 3.8) is 0 Å². The SMILES string of the molecule is CSCCCCCCNc1ccc(S(N)(=O)=O)c(N)c1. The predicted molar refractivity (Wildman–Crippen MR) is 87.6 cm³/mol. The molecule has 0 fully saturated rings. The Bertz CT molecular complexity index is 518. The number of primary sulfonamides is 1. The Morgan fingerprint density at radius 2 is 1.90 bits per heavy atom. The topological polar surface area (TPSA) is 98.2 Å². The molecule has 0 aromatic heterocycles. The van der Waals surface area contributed by atoms with Gasteiger partial charge >= 0.3 is 0 Å². The molecule has 7 heteroatoms. The molecule has 0 radical (unpaired) electrons. The van der Waals surface area contributed by atoms with Gasteiger partial charge in [0.15, 0.2) is 0 Å². The van der Waals surface area contributed by atoms with Crippen molar-refractivity contribution in [2.24, 2.45) is 5.14 Å². The fourth-order valence-corrected chi connectivity index (χ4v) is 3.01. The lowest BCUT2D eigenvalue weighted by Gasteiger charge is -2.09. The molecule has 0 bridgehead atoms. The maximum Gasteiger partial charge on any atom is 0.240 e. The van der Waals surface area contributed by atoms with Crippen molar-refractivity contribution < 1.29 is 8.42 Å². The minimum absolute atomic E-state index is 0.0277. The van der Waals surface area contributed by atoms with E-state index in [0.29, 0.717) is 0 Å². The van der Waals surface area contributed by atoms with Crippen LogP contribution < -0.4 is 16.2 Å². The van der Waals surface area contributed by atoms with Crippen LogP contribution in [0.15, 0.2) is 23.1 Å². The van der Waals surface area contributed by atoms with E-state index in [1.807, 2.05) is 11.8 Å². The van der Waals surface area contributed by atoms with Crippen molar-refractivity contribution in [2.75, 3.05) is 29.6 Å². The van der Waals surface area contributed by atoms with Gasteiger partial charge in [-0.15, -0.1) is 0 Å². The van der Waals surface area contributed by atoms with Crippen LogP contribution in [0.1, 0.15) is 25.7 Å². The van der Waals surface area contributed by atoms with Gasteiger partial charge in [-0.2, -0.15) is 11.8 Å².